The molecule has 1 aromatic heterocycles. The number of hydrogen-bond donors (Lipinski definition) is 0. The molecule has 4 nitrogen and oxygen atoms in total. The number of anilines is 1. The molecule has 2 heterocycles. The monoisotopic (exact) mass is 179 g/mol. The normalized spacial score (nSPS) is 18.3. The number of rotatable bonds is 1. The topological polar surface area (TPSA) is 38.2 Å². The van der Waals surface area contributed by atoms with E-state index in [1.165, 1.54) is 0 Å². The molecule has 1 aromatic rings. The molecule has 0 saturated carbocycles. The van der Waals surface area contributed by atoms with Crippen LogP contribution in [-0.4, -0.2) is 36.3 Å². The average Bonchev–Trinajstić information content (AvgIpc) is 2.47. The van der Waals surface area contributed by atoms with Crippen molar-refractivity contribution >= 4 is 5.82 Å². The zero-order valence-corrected chi connectivity index (χ0v) is 7.52. The highest BCUT2D eigenvalue weighted by Gasteiger charge is 2.09. The average molecular weight is 179 g/mol. The lowest BCUT2D eigenvalue weighted by Gasteiger charge is -2.19. The van der Waals surface area contributed by atoms with Gasteiger partial charge in [0.25, 0.3) is 0 Å². The van der Waals surface area contributed by atoms with Gasteiger partial charge in [-0.05, 0) is 12.5 Å². The van der Waals surface area contributed by atoms with Crippen molar-refractivity contribution in [3.05, 3.63) is 18.6 Å². The minimum Gasteiger partial charge on any atom is -0.380 e. The minimum absolute atomic E-state index is 0.796. The van der Waals surface area contributed by atoms with Crippen LogP contribution in [0.2, 0.25) is 0 Å². The van der Waals surface area contributed by atoms with Crippen molar-refractivity contribution < 1.29 is 4.74 Å². The number of hydrogen-bond acceptors (Lipinski definition) is 4. The van der Waals surface area contributed by atoms with Crippen molar-refractivity contribution in [2.75, 3.05) is 31.2 Å². The quantitative estimate of drug-likeness (QED) is 0.636. The van der Waals surface area contributed by atoms with Crippen LogP contribution in [0.1, 0.15) is 6.42 Å². The molecule has 0 unspecified atom stereocenters. The zero-order chi connectivity index (χ0) is 8.93. The summed E-state index contributed by atoms with van der Waals surface area (Å²) >= 11 is 0. The van der Waals surface area contributed by atoms with E-state index in [2.05, 4.69) is 14.9 Å². The molecule has 1 fully saturated rings. The number of ether oxygens (including phenoxy) is 1. The third-order valence-electron chi connectivity index (χ3n) is 2.11. The molecule has 0 aliphatic carbocycles. The SMILES string of the molecule is c1cc(N2CCCOCC2)ncn1. The van der Waals surface area contributed by atoms with Gasteiger partial charge in [-0.1, -0.05) is 0 Å². The molecule has 1 aliphatic heterocycles. The standard InChI is InChI=1S/C9H13N3O/c1-4-12(5-7-13-6-1)9-2-3-10-8-11-9/h2-3,8H,1,4-7H2. The first-order chi connectivity index (χ1) is 6.47. The highest BCUT2D eigenvalue weighted by Crippen LogP contribution is 2.10. The van der Waals surface area contributed by atoms with Crippen LogP contribution in [0.5, 0.6) is 0 Å². The molecule has 0 atom stereocenters. The fourth-order valence-corrected chi connectivity index (χ4v) is 1.45. The molecule has 4 heteroatoms. The van der Waals surface area contributed by atoms with E-state index in [9.17, 15) is 0 Å². The maximum atomic E-state index is 5.36. The van der Waals surface area contributed by atoms with Crippen LogP contribution in [0.4, 0.5) is 5.82 Å². The first-order valence-corrected chi connectivity index (χ1v) is 4.55. The Morgan fingerprint density at radius 2 is 2.31 bits per heavy atom. The van der Waals surface area contributed by atoms with Gasteiger partial charge < -0.3 is 9.64 Å². The van der Waals surface area contributed by atoms with Gasteiger partial charge in [-0.15, -0.1) is 0 Å². The summed E-state index contributed by atoms with van der Waals surface area (Å²) in [6, 6.07) is 1.94. The van der Waals surface area contributed by atoms with Crippen molar-refractivity contribution in [3.8, 4) is 0 Å². The van der Waals surface area contributed by atoms with Crippen LogP contribution >= 0.6 is 0 Å². The highest BCUT2D eigenvalue weighted by atomic mass is 16.5. The van der Waals surface area contributed by atoms with Crippen LogP contribution in [0.3, 0.4) is 0 Å². The Morgan fingerprint density at radius 1 is 1.31 bits per heavy atom. The van der Waals surface area contributed by atoms with Crippen LogP contribution < -0.4 is 4.90 Å². The highest BCUT2D eigenvalue weighted by molar-refractivity contribution is 5.36. The van der Waals surface area contributed by atoms with Crippen molar-refractivity contribution in [3.63, 3.8) is 0 Å². The smallest absolute Gasteiger partial charge is 0.131 e. The van der Waals surface area contributed by atoms with E-state index in [1.54, 1.807) is 12.5 Å². The lowest BCUT2D eigenvalue weighted by atomic mass is 10.4. The molecule has 0 aromatic carbocycles. The Morgan fingerprint density at radius 3 is 3.15 bits per heavy atom. The Bertz CT molecular complexity index is 244. The lowest BCUT2D eigenvalue weighted by molar-refractivity contribution is 0.152. The van der Waals surface area contributed by atoms with E-state index in [1.807, 2.05) is 6.07 Å². The first kappa shape index (κ1) is 8.44. The summed E-state index contributed by atoms with van der Waals surface area (Å²) in [4.78, 5) is 10.3. The summed E-state index contributed by atoms with van der Waals surface area (Å²) in [5.41, 5.74) is 0. The van der Waals surface area contributed by atoms with Crippen LogP contribution in [0, 0.1) is 0 Å². The molecule has 0 spiro atoms. The van der Waals surface area contributed by atoms with Gasteiger partial charge in [0, 0.05) is 25.9 Å². The molecule has 1 aliphatic rings. The molecule has 13 heavy (non-hydrogen) atoms. The Kier molecular flexibility index (Phi) is 2.72. The molecule has 0 bridgehead atoms. The molecule has 0 amide bonds. The predicted molar refractivity (Wildman–Crippen MR) is 49.7 cm³/mol. The summed E-state index contributed by atoms with van der Waals surface area (Å²) in [5.74, 6) is 1.00. The van der Waals surface area contributed by atoms with Gasteiger partial charge in [0.2, 0.25) is 0 Å². The molecule has 0 radical (unpaired) electrons. The number of nitrogens with zero attached hydrogens (tertiary/aromatic N) is 3. The zero-order valence-electron chi connectivity index (χ0n) is 7.52. The molecule has 1 saturated heterocycles. The Balaban J connectivity index is 2.06. The Hall–Kier alpha value is -1.16. The maximum absolute atomic E-state index is 5.36. The first-order valence-electron chi connectivity index (χ1n) is 4.55. The predicted octanol–water partition coefficient (Wildman–Crippen LogP) is 0.703. The molecule has 0 N–H and O–H groups in total. The van der Waals surface area contributed by atoms with Gasteiger partial charge in [-0.2, -0.15) is 0 Å². The summed E-state index contributed by atoms with van der Waals surface area (Å²) in [5, 5.41) is 0. The minimum atomic E-state index is 0.796. The second-order valence-electron chi connectivity index (χ2n) is 3.02. The summed E-state index contributed by atoms with van der Waals surface area (Å²) in [7, 11) is 0. The van der Waals surface area contributed by atoms with Crippen LogP contribution in [0.15, 0.2) is 18.6 Å². The van der Waals surface area contributed by atoms with E-state index < -0.39 is 0 Å². The summed E-state index contributed by atoms with van der Waals surface area (Å²) in [6.45, 7) is 3.61. The number of aromatic nitrogens is 2. The Labute approximate surface area is 77.6 Å². The van der Waals surface area contributed by atoms with E-state index in [0.717, 1.165) is 38.5 Å². The maximum Gasteiger partial charge on any atom is 0.131 e. The van der Waals surface area contributed by atoms with Gasteiger partial charge in [0.05, 0.1) is 6.61 Å². The van der Waals surface area contributed by atoms with E-state index >= 15 is 0 Å². The van der Waals surface area contributed by atoms with E-state index in [4.69, 9.17) is 4.74 Å². The lowest BCUT2D eigenvalue weighted by Crippen LogP contribution is -2.26. The molecule has 2 rings (SSSR count). The van der Waals surface area contributed by atoms with E-state index in [-0.39, 0.29) is 0 Å². The third-order valence-corrected chi connectivity index (χ3v) is 2.11. The molecule has 70 valence electrons. The molecular formula is C9H13N3O. The summed E-state index contributed by atoms with van der Waals surface area (Å²) in [6.07, 6.45) is 4.43. The fraction of sp³-hybridized carbons (Fsp3) is 0.556. The van der Waals surface area contributed by atoms with Gasteiger partial charge in [-0.3, -0.25) is 0 Å². The van der Waals surface area contributed by atoms with Crippen molar-refractivity contribution in [2.24, 2.45) is 0 Å². The van der Waals surface area contributed by atoms with E-state index in [0.29, 0.717) is 0 Å². The van der Waals surface area contributed by atoms with Crippen LogP contribution in [0.25, 0.3) is 0 Å². The fourth-order valence-electron chi connectivity index (χ4n) is 1.45. The second-order valence-corrected chi connectivity index (χ2v) is 3.02. The summed E-state index contributed by atoms with van der Waals surface area (Å²) < 4.78 is 5.36. The third kappa shape index (κ3) is 2.15. The van der Waals surface area contributed by atoms with Gasteiger partial charge >= 0.3 is 0 Å². The van der Waals surface area contributed by atoms with Gasteiger partial charge in [-0.25, -0.2) is 9.97 Å². The van der Waals surface area contributed by atoms with Gasteiger partial charge in [0.1, 0.15) is 12.1 Å². The van der Waals surface area contributed by atoms with Crippen molar-refractivity contribution in [1.29, 1.82) is 0 Å². The van der Waals surface area contributed by atoms with Crippen molar-refractivity contribution in [2.45, 2.75) is 6.42 Å². The second kappa shape index (κ2) is 4.18. The van der Waals surface area contributed by atoms with Crippen molar-refractivity contribution in [1.82, 2.24) is 9.97 Å². The molecular weight excluding hydrogens is 166 g/mol. The van der Waals surface area contributed by atoms with Gasteiger partial charge in [0.15, 0.2) is 0 Å². The van der Waals surface area contributed by atoms with Crippen LogP contribution in [-0.2, 0) is 4.74 Å². The largest absolute Gasteiger partial charge is 0.380 e.